The van der Waals surface area contributed by atoms with Crippen molar-refractivity contribution in [2.24, 2.45) is 0 Å². The van der Waals surface area contributed by atoms with Crippen molar-refractivity contribution in [1.29, 1.82) is 0 Å². The van der Waals surface area contributed by atoms with Crippen LogP contribution in [0.15, 0.2) is 30.3 Å². The molecule has 0 spiro atoms. The summed E-state index contributed by atoms with van der Waals surface area (Å²) in [6, 6.07) is 7.91. The van der Waals surface area contributed by atoms with Crippen molar-refractivity contribution in [3.05, 3.63) is 35.3 Å². The molecule has 0 atom stereocenters. The van der Waals surface area contributed by atoms with Crippen molar-refractivity contribution in [2.75, 3.05) is 20.3 Å². The highest BCUT2D eigenvalue weighted by Gasteiger charge is 2.00. The molecule has 4 nitrogen and oxygen atoms in total. The number of methoxy groups -OCH3 is 1. The second-order valence-corrected chi connectivity index (χ2v) is 4.70. The fraction of sp³-hybridized carbons (Fsp3) is 0.231. The first kappa shape index (κ1) is 12.7. The number of aromatic nitrogens is 1. The summed E-state index contributed by atoms with van der Waals surface area (Å²) in [6.07, 6.45) is 3.22. The van der Waals surface area contributed by atoms with Gasteiger partial charge in [-0.3, -0.25) is 4.79 Å². The fourth-order valence-corrected chi connectivity index (χ4v) is 2.31. The molecule has 0 aliphatic heterocycles. The molecule has 1 amide bonds. The van der Waals surface area contributed by atoms with Crippen LogP contribution in [0.5, 0.6) is 0 Å². The lowest BCUT2D eigenvalue weighted by molar-refractivity contribution is -0.116. The van der Waals surface area contributed by atoms with E-state index in [1.165, 1.54) is 6.08 Å². The fourth-order valence-electron chi connectivity index (χ4n) is 1.44. The molecule has 1 N–H and O–H groups in total. The van der Waals surface area contributed by atoms with Crippen LogP contribution in [0, 0.1) is 0 Å². The third-order valence-electron chi connectivity index (χ3n) is 2.29. The van der Waals surface area contributed by atoms with Crippen LogP contribution >= 0.6 is 11.3 Å². The van der Waals surface area contributed by atoms with Crippen LogP contribution in [0.25, 0.3) is 16.3 Å². The zero-order valence-corrected chi connectivity index (χ0v) is 10.9. The lowest BCUT2D eigenvalue weighted by atomic mass is 10.3. The first-order valence-electron chi connectivity index (χ1n) is 5.60. The highest BCUT2D eigenvalue weighted by Crippen LogP contribution is 2.22. The maximum atomic E-state index is 11.4. The molecule has 18 heavy (non-hydrogen) atoms. The van der Waals surface area contributed by atoms with Gasteiger partial charge >= 0.3 is 0 Å². The second-order valence-electron chi connectivity index (χ2n) is 3.64. The number of benzene rings is 1. The number of carbonyl (C=O) groups excluding carboxylic acids is 1. The summed E-state index contributed by atoms with van der Waals surface area (Å²) < 4.78 is 5.97. The number of fused-ring (bicyclic) bond motifs is 1. The quantitative estimate of drug-likeness (QED) is 0.663. The molecule has 1 aromatic carbocycles. The monoisotopic (exact) mass is 262 g/mol. The largest absolute Gasteiger partial charge is 0.383 e. The minimum absolute atomic E-state index is 0.133. The van der Waals surface area contributed by atoms with Crippen LogP contribution in [0.1, 0.15) is 5.01 Å². The van der Waals surface area contributed by atoms with Gasteiger partial charge in [0, 0.05) is 19.7 Å². The molecule has 5 heteroatoms. The molecule has 0 aliphatic rings. The zero-order chi connectivity index (χ0) is 12.8. The molecule has 0 saturated heterocycles. The Balaban J connectivity index is 1.98. The van der Waals surface area contributed by atoms with Crippen molar-refractivity contribution in [2.45, 2.75) is 0 Å². The van der Waals surface area contributed by atoms with E-state index >= 15 is 0 Å². The Morgan fingerprint density at radius 3 is 3.11 bits per heavy atom. The van der Waals surface area contributed by atoms with Gasteiger partial charge < -0.3 is 10.1 Å². The Bertz CT molecular complexity index is 530. The summed E-state index contributed by atoms with van der Waals surface area (Å²) in [5.41, 5.74) is 0.960. The van der Waals surface area contributed by atoms with E-state index in [2.05, 4.69) is 10.3 Å². The van der Waals surface area contributed by atoms with Crippen LogP contribution in [-0.2, 0) is 9.53 Å². The van der Waals surface area contributed by atoms with E-state index in [0.717, 1.165) is 15.2 Å². The normalized spacial score (nSPS) is 11.2. The lowest BCUT2D eigenvalue weighted by Crippen LogP contribution is -2.24. The summed E-state index contributed by atoms with van der Waals surface area (Å²) >= 11 is 1.56. The van der Waals surface area contributed by atoms with Crippen molar-refractivity contribution < 1.29 is 9.53 Å². The van der Waals surface area contributed by atoms with Crippen molar-refractivity contribution in [3.8, 4) is 0 Å². The van der Waals surface area contributed by atoms with Crippen LogP contribution in [0.3, 0.4) is 0 Å². The van der Waals surface area contributed by atoms with Gasteiger partial charge in [0.15, 0.2) is 0 Å². The predicted molar refractivity (Wildman–Crippen MR) is 73.5 cm³/mol. The molecule has 2 rings (SSSR count). The number of nitrogens with one attached hydrogen (secondary N) is 1. The SMILES string of the molecule is COCCNC(=O)C=Cc1nc2ccccc2s1. The van der Waals surface area contributed by atoms with E-state index in [0.29, 0.717) is 13.2 Å². The van der Waals surface area contributed by atoms with Crippen LogP contribution in [-0.4, -0.2) is 31.2 Å². The molecule has 1 heterocycles. The maximum absolute atomic E-state index is 11.4. The van der Waals surface area contributed by atoms with E-state index in [1.54, 1.807) is 24.5 Å². The van der Waals surface area contributed by atoms with Crippen molar-refractivity contribution in [3.63, 3.8) is 0 Å². The molecular weight excluding hydrogens is 248 g/mol. The van der Waals surface area contributed by atoms with E-state index in [-0.39, 0.29) is 5.91 Å². The average Bonchev–Trinajstić information content (AvgIpc) is 2.79. The number of para-hydroxylation sites is 1. The summed E-state index contributed by atoms with van der Waals surface area (Å²) in [4.78, 5) is 15.8. The van der Waals surface area contributed by atoms with Crippen LogP contribution in [0.4, 0.5) is 0 Å². The molecule has 0 radical (unpaired) electrons. The third-order valence-corrected chi connectivity index (χ3v) is 3.29. The lowest BCUT2D eigenvalue weighted by Gasteiger charge is -1.99. The first-order valence-corrected chi connectivity index (χ1v) is 6.41. The average molecular weight is 262 g/mol. The number of thiazole rings is 1. The van der Waals surface area contributed by atoms with Crippen molar-refractivity contribution in [1.82, 2.24) is 10.3 Å². The molecular formula is C13H14N2O2S. The zero-order valence-electron chi connectivity index (χ0n) is 10.1. The number of rotatable bonds is 5. The standard InChI is InChI=1S/C13H14N2O2S/c1-17-9-8-14-12(16)6-7-13-15-10-4-2-3-5-11(10)18-13/h2-7H,8-9H2,1H3,(H,14,16). The highest BCUT2D eigenvalue weighted by molar-refractivity contribution is 7.19. The van der Waals surface area contributed by atoms with Gasteiger partial charge in [-0.05, 0) is 18.2 Å². The summed E-state index contributed by atoms with van der Waals surface area (Å²) in [5, 5.41) is 3.55. The number of amides is 1. The molecule has 0 bridgehead atoms. The molecule has 94 valence electrons. The Hall–Kier alpha value is -1.72. The van der Waals surface area contributed by atoms with Gasteiger partial charge in [-0.15, -0.1) is 11.3 Å². The molecule has 0 unspecified atom stereocenters. The van der Waals surface area contributed by atoms with Crippen LogP contribution in [0.2, 0.25) is 0 Å². The number of nitrogens with zero attached hydrogens (tertiary/aromatic N) is 1. The molecule has 0 saturated carbocycles. The van der Waals surface area contributed by atoms with Gasteiger partial charge in [0.2, 0.25) is 5.91 Å². The highest BCUT2D eigenvalue weighted by atomic mass is 32.1. The molecule has 1 aromatic heterocycles. The number of ether oxygens (including phenoxy) is 1. The van der Waals surface area contributed by atoms with E-state index in [9.17, 15) is 4.79 Å². The third kappa shape index (κ3) is 3.38. The van der Waals surface area contributed by atoms with Crippen molar-refractivity contribution >= 4 is 33.5 Å². The second kappa shape index (κ2) is 6.28. The molecule has 0 fully saturated rings. The van der Waals surface area contributed by atoms with Gasteiger partial charge in [0.05, 0.1) is 16.8 Å². The van der Waals surface area contributed by atoms with E-state index in [1.807, 2.05) is 24.3 Å². The van der Waals surface area contributed by atoms with Gasteiger partial charge in [-0.1, -0.05) is 12.1 Å². The minimum Gasteiger partial charge on any atom is -0.383 e. The summed E-state index contributed by atoms with van der Waals surface area (Å²) in [7, 11) is 1.60. The van der Waals surface area contributed by atoms with Gasteiger partial charge in [0.1, 0.15) is 5.01 Å². The number of hydrogen-bond donors (Lipinski definition) is 1. The van der Waals surface area contributed by atoms with E-state index in [4.69, 9.17) is 4.74 Å². The summed E-state index contributed by atoms with van der Waals surface area (Å²) in [6.45, 7) is 1.03. The predicted octanol–water partition coefficient (Wildman–Crippen LogP) is 2.07. The van der Waals surface area contributed by atoms with Crippen LogP contribution < -0.4 is 5.32 Å². The minimum atomic E-state index is -0.133. The Labute approximate surface area is 109 Å². The van der Waals surface area contributed by atoms with Gasteiger partial charge in [0.25, 0.3) is 0 Å². The smallest absolute Gasteiger partial charge is 0.244 e. The number of carbonyl (C=O) groups is 1. The van der Waals surface area contributed by atoms with E-state index < -0.39 is 0 Å². The molecule has 0 aliphatic carbocycles. The summed E-state index contributed by atoms with van der Waals surface area (Å²) in [5.74, 6) is -0.133. The molecule has 2 aromatic rings. The Morgan fingerprint density at radius 2 is 2.33 bits per heavy atom. The van der Waals surface area contributed by atoms with Gasteiger partial charge in [-0.2, -0.15) is 0 Å². The van der Waals surface area contributed by atoms with Gasteiger partial charge in [-0.25, -0.2) is 4.98 Å². The Morgan fingerprint density at radius 1 is 1.50 bits per heavy atom. The maximum Gasteiger partial charge on any atom is 0.244 e. The number of hydrogen-bond acceptors (Lipinski definition) is 4. The Kier molecular flexibility index (Phi) is 4.44. The first-order chi connectivity index (χ1) is 8.79. The topological polar surface area (TPSA) is 51.2 Å².